The number of anilines is 1. The molecule has 4 rings (SSSR count). The Balaban J connectivity index is 1.83. The highest BCUT2D eigenvalue weighted by Crippen LogP contribution is 2.44. The number of carbonyl (C=O) groups excluding carboxylic acids is 1. The lowest BCUT2D eigenvalue weighted by atomic mass is 9.91. The van der Waals surface area contributed by atoms with Crippen LogP contribution in [0.25, 0.3) is 0 Å². The summed E-state index contributed by atoms with van der Waals surface area (Å²) in [5, 5.41) is 4.47. The van der Waals surface area contributed by atoms with Crippen LogP contribution in [0, 0.1) is 0 Å². The fourth-order valence-corrected chi connectivity index (χ4v) is 4.12. The molecule has 7 heteroatoms. The van der Waals surface area contributed by atoms with E-state index in [0.29, 0.717) is 18.8 Å². The highest BCUT2D eigenvalue weighted by atomic mass is 16.5. The Morgan fingerprint density at radius 2 is 1.83 bits per heavy atom. The molecule has 156 valence electrons. The summed E-state index contributed by atoms with van der Waals surface area (Å²) >= 11 is 0. The van der Waals surface area contributed by atoms with Crippen LogP contribution in [0.4, 0.5) is 5.95 Å². The highest BCUT2D eigenvalue weighted by Gasteiger charge is 2.39. The summed E-state index contributed by atoms with van der Waals surface area (Å²) in [5.41, 5.74) is 2.06. The molecule has 0 aliphatic carbocycles. The van der Waals surface area contributed by atoms with Gasteiger partial charge in [0.1, 0.15) is 17.8 Å². The number of hydrogen-bond donors (Lipinski definition) is 0. The smallest absolute Gasteiger partial charge is 0.231 e. The first-order chi connectivity index (χ1) is 14.7. The molecular formula is C23H26N4O3. The minimum atomic E-state index is -0.165. The predicted octanol–water partition coefficient (Wildman–Crippen LogP) is 4.16. The van der Waals surface area contributed by atoms with Crippen molar-refractivity contribution in [2.45, 2.75) is 38.3 Å². The molecule has 1 aromatic heterocycles. The summed E-state index contributed by atoms with van der Waals surface area (Å²) in [6, 6.07) is 15.5. The number of rotatable bonds is 6. The van der Waals surface area contributed by atoms with Crippen molar-refractivity contribution >= 4 is 11.9 Å². The van der Waals surface area contributed by atoms with Crippen molar-refractivity contribution in [2.24, 2.45) is 0 Å². The summed E-state index contributed by atoms with van der Waals surface area (Å²) in [5.74, 6) is 2.19. The van der Waals surface area contributed by atoms with Gasteiger partial charge in [-0.25, -0.2) is 4.68 Å². The number of ether oxygens (including phenoxy) is 2. The summed E-state index contributed by atoms with van der Waals surface area (Å²) in [6.07, 6.45) is 3.41. The van der Waals surface area contributed by atoms with E-state index in [1.165, 1.54) is 6.33 Å². The van der Waals surface area contributed by atoms with Gasteiger partial charge in [0.25, 0.3) is 0 Å². The first-order valence-electron chi connectivity index (χ1n) is 10.2. The quantitative estimate of drug-likeness (QED) is 0.615. The van der Waals surface area contributed by atoms with E-state index in [-0.39, 0.29) is 18.0 Å². The molecule has 2 heterocycles. The average Bonchev–Trinajstić information content (AvgIpc) is 3.28. The molecule has 0 N–H and O–H groups in total. The molecule has 1 amide bonds. The van der Waals surface area contributed by atoms with Gasteiger partial charge in [-0.2, -0.15) is 10.1 Å². The van der Waals surface area contributed by atoms with Gasteiger partial charge in [0.15, 0.2) is 0 Å². The van der Waals surface area contributed by atoms with Crippen LogP contribution >= 0.6 is 0 Å². The van der Waals surface area contributed by atoms with Crippen LogP contribution < -0.4 is 14.4 Å². The third-order valence-corrected chi connectivity index (χ3v) is 5.55. The Morgan fingerprint density at radius 1 is 1.07 bits per heavy atom. The van der Waals surface area contributed by atoms with Gasteiger partial charge in [0, 0.05) is 12.0 Å². The van der Waals surface area contributed by atoms with Crippen LogP contribution in [0.2, 0.25) is 0 Å². The molecule has 0 radical (unpaired) electrons. The molecule has 0 saturated carbocycles. The van der Waals surface area contributed by atoms with E-state index in [2.05, 4.69) is 10.1 Å². The van der Waals surface area contributed by atoms with Crippen molar-refractivity contribution < 1.29 is 14.3 Å². The molecule has 1 aliphatic rings. The number of methoxy groups -OCH3 is 2. The number of nitrogens with zero attached hydrogens (tertiary/aromatic N) is 4. The Labute approximate surface area is 176 Å². The molecule has 0 fully saturated rings. The number of benzene rings is 2. The first-order valence-corrected chi connectivity index (χ1v) is 10.2. The number of amides is 1. The zero-order valence-electron chi connectivity index (χ0n) is 17.5. The maximum atomic E-state index is 13.1. The normalized spacial score (nSPS) is 18.0. The molecule has 2 aromatic carbocycles. The Hall–Kier alpha value is -3.35. The Bertz CT molecular complexity index is 1020. The lowest BCUT2D eigenvalue weighted by Crippen LogP contribution is -2.42. The van der Waals surface area contributed by atoms with E-state index < -0.39 is 0 Å². The van der Waals surface area contributed by atoms with Crippen molar-refractivity contribution in [2.75, 3.05) is 19.1 Å². The van der Waals surface area contributed by atoms with Crippen LogP contribution in [0.1, 0.15) is 49.4 Å². The van der Waals surface area contributed by atoms with E-state index in [4.69, 9.17) is 9.47 Å². The van der Waals surface area contributed by atoms with Crippen LogP contribution in [-0.2, 0) is 4.79 Å². The second-order valence-electron chi connectivity index (χ2n) is 7.30. The summed E-state index contributed by atoms with van der Waals surface area (Å²) in [4.78, 5) is 19.4. The van der Waals surface area contributed by atoms with Gasteiger partial charge < -0.3 is 9.47 Å². The molecule has 0 saturated heterocycles. The minimum Gasteiger partial charge on any atom is -0.497 e. The molecule has 3 aromatic rings. The maximum absolute atomic E-state index is 13.1. The van der Waals surface area contributed by atoms with Crippen LogP contribution in [0.5, 0.6) is 11.5 Å². The third-order valence-electron chi connectivity index (χ3n) is 5.55. The molecular weight excluding hydrogens is 380 g/mol. The van der Waals surface area contributed by atoms with Crippen LogP contribution in [0.15, 0.2) is 54.9 Å². The van der Waals surface area contributed by atoms with E-state index in [9.17, 15) is 4.79 Å². The lowest BCUT2D eigenvalue weighted by molar-refractivity contribution is -0.119. The van der Waals surface area contributed by atoms with Gasteiger partial charge in [-0.05, 0) is 36.6 Å². The zero-order valence-corrected chi connectivity index (χ0v) is 17.5. The van der Waals surface area contributed by atoms with Crippen molar-refractivity contribution in [3.05, 3.63) is 66.0 Å². The van der Waals surface area contributed by atoms with Crippen LogP contribution in [-0.4, -0.2) is 34.9 Å². The fourth-order valence-electron chi connectivity index (χ4n) is 4.12. The summed E-state index contributed by atoms with van der Waals surface area (Å²) in [7, 11) is 3.31. The second-order valence-corrected chi connectivity index (χ2v) is 7.30. The largest absolute Gasteiger partial charge is 0.497 e. The van der Waals surface area contributed by atoms with E-state index >= 15 is 0 Å². The lowest BCUT2D eigenvalue weighted by Gasteiger charge is -2.39. The molecule has 7 nitrogen and oxygen atoms in total. The summed E-state index contributed by atoms with van der Waals surface area (Å²) in [6.45, 7) is 2.01. The van der Waals surface area contributed by atoms with Gasteiger partial charge in [0.2, 0.25) is 11.9 Å². The van der Waals surface area contributed by atoms with Crippen molar-refractivity contribution in [1.82, 2.24) is 14.8 Å². The number of hydrogen-bond acceptors (Lipinski definition) is 5. The van der Waals surface area contributed by atoms with Gasteiger partial charge in [-0.15, -0.1) is 0 Å². The highest BCUT2D eigenvalue weighted by molar-refractivity contribution is 5.92. The van der Waals surface area contributed by atoms with Gasteiger partial charge in [0.05, 0.1) is 26.3 Å². The average molecular weight is 406 g/mol. The zero-order chi connectivity index (χ0) is 21.1. The molecule has 30 heavy (non-hydrogen) atoms. The van der Waals surface area contributed by atoms with E-state index in [1.807, 2.05) is 60.1 Å². The fraction of sp³-hybridized carbons (Fsp3) is 0.348. The molecule has 1 aliphatic heterocycles. The first kappa shape index (κ1) is 19.9. The molecule has 0 spiro atoms. The second kappa shape index (κ2) is 8.57. The van der Waals surface area contributed by atoms with Crippen molar-refractivity contribution in [1.29, 1.82) is 0 Å². The van der Waals surface area contributed by atoms with Gasteiger partial charge in [-0.3, -0.25) is 9.69 Å². The maximum Gasteiger partial charge on any atom is 0.231 e. The van der Waals surface area contributed by atoms with E-state index in [1.54, 1.807) is 19.1 Å². The molecule has 0 bridgehead atoms. The van der Waals surface area contributed by atoms with E-state index in [0.717, 1.165) is 29.0 Å². The third kappa shape index (κ3) is 3.51. The molecule has 2 atom stereocenters. The van der Waals surface area contributed by atoms with Crippen LogP contribution in [0.3, 0.4) is 0 Å². The molecule has 0 unspecified atom stereocenters. The van der Waals surface area contributed by atoms with Crippen molar-refractivity contribution in [3.63, 3.8) is 0 Å². The summed E-state index contributed by atoms with van der Waals surface area (Å²) < 4.78 is 12.8. The number of para-hydroxylation sites is 1. The minimum absolute atomic E-state index is 0.0473. The SMILES string of the molecule is CCCC(=O)N1c2ncnn2[C@@H](c2ccccc2OC)C[C@@H]1c1ccc(OC)cc1. The Morgan fingerprint density at radius 3 is 2.53 bits per heavy atom. The number of fused-ring (bicyclic) bond motifs is 1. The standard InChI is InChI=1S/C23H26N4O3/c1-4-7-22(28)26-19(16-10-12-17(29-2)13-11-16)14-20(27-23(26)24-15-25-27)18-8-5-6-9-21(18)30-3/h5-6,8-13,15,19-20H,4,7,14H2,1-3H3/t19-,20-/m1/s1. The Kier molecular flexibility index (Phi) is 5.70. The van der Waals surface area contributed by atoms with Gasteiger partial charge >= 0.3 is 0 Å². The number of carbonyl (C=O) groups is 1. The number of aromatic nitrogens is 3. The monoisotopic (exact) mass is 406 g/mol. The van der Waals surface area contributed by atoms with Crippen molar-refractivity contribution in [3.8, 4) is 11.5 Å². The predicted molar refractivity (Wildman–Crippen MR) is 114 cm³/mol. The topological polar surface area (TPSA) is 69.5 Å². The van der Waals surface area contributed by atoms with Gasteiger partial charge in [-0.1, -0.05) is 37.3 Å².